The Labute approximate surface area is 239 Å². The van der Waals surface area contributed by atoms with Crippen LogP contribution in [-0.2, 0) is 0 Å². The maximum absolute atomic E-state index is 14.1. The number of aromatic nitrogens is 2. The molecule has 2 fully saturated rings. The zero-order chi connectivity index (χ0) is 28.9. The summed E-state index contributed by atoms with van der Waals surface area (Å²) in [6.07, 6.45) is 6.05. The highest BCUT2D eigenvalue weighted by Gasteiger charge is 2.44. The Hall–Kier alpha value is -4.41. The number of allylic oxidation sites excluding steroid dienone is 1. The van der Waals surface area contributed by atoms with Crippen LogP contribution >= 0.6 is 0 Å². The first kappa shape index (κ1) is 26.8. The topological polar surface area (TPSA) is 125 Å². The molecule has 0 amide bonds. The number of nitrogens with one attached hydrogen (secondary N) is 4. The van der Waals surface area contributed by atoms with E-state index in [1.54, 1.807) is 12.1 Å². The van der Waals surface area contributed by atoms with Gasteiger partial charge in [-0.25, -0.2) is 4.98 Å². The molecule has 41 heavy (non-hydrogen) atoms. The van der Waals surface area contributed by atoms with Crippen LogP contribution < -0.4 is 21.6 Å². The summed E-state index contributed by atoms with van der Waals surface area (Å²) in [7, 11) is 0. The predicted octanol–water partition coefficient (Wildman–Crippen LogP) is 5.54. The Morgan fingerprint density at radius 1 is 1.12 bits per heavy atom. The van der Waals surface area contributed by atoms with Crippen LogP contribution in [0.25, 0.3) is 10.9 Å². The van der Waals surface area contributed by atoms with Crippen molar-refractivity contribution in [2.45, 2.75) is 65.5 Å². The average molecular weight is 552 g/mol. The molecular weight excluding hydrogens is 517 g/mol. The van der Waals surface area contributed by atoms with Gasteiger partial charge in [0.15, 0.2) is 0 Å². The molecule has 0 spiro atoms. The van der Waals surface area contributed by atoms with Crippen LogP contribution in [0.5, 0.6) is 0 Å². The molecular formula is C31H34FN9. The Morgan fingerprint density at radius 3 is 2.51 bits per heavy atom. The van der Waals surface area contributed by atoms with Crippen molar-refractivity contribution in [3.05, 3.63) is 70.2 Å². The molecule has 4 N–H and O–H groups in total. The number of aryl methyl sites for hydroxylation is 1. The van der Waals surface area contributed by atoms with E-state index in [4.69, 9.17) is 0 Å². The standard InChI is InChI=1S/C31H34FN9/c1-17-23(9-10-25(32)37-17)28(29-30(18-5-6-18)41(40-39-29)22-7-8-22)38-21-11-19(13-33)26-24(12-21)27(20(14-34)15-35-26)36-16-31(2,3)4/h9-12,15,18,22,28,38-40H,5-8,16H2,1-4H3,(H,35,36)/t28-/m0/s1. The lowest BCUT2D eigenvalue weighted by molar-refractivity contribution is 0.230. The van der Waals surface area contributed by atoms with Crippen molar-refractivity contribution < 1.29 is 4.39 Å². The molecule has 0 saturated heterocycles. The minimum Gasteiger partial charge on any atom is -0.383 e. The first-order valence-corrected chi connectivity index (χ1v) is 14.1. The molecule has 210 valence electrons. The highest BCUT2D eigenvalue weighted by molar-refractivity contribution is 5.99. The normalized spacial score (nSPS) is 17.7. The predicted molar refractivity (Wildman–Crippen MR) is 155 cm³/mol. The fourth-order valence-corrected chi connectivity index (χ4v) is 5.41. The molecule has 9 nitrogen and oxygen atoms in total. The summed E-state index contributed by atoms with van der Waals surface area (Å²) in [6, 6.07) is 11.5. The van der Waals surface area contributed by atoms with E-state index < -0.39 is 12.0 Å². The van der Waals surface area contributed by atoms with Crippen LogP contribution in [0, 0.1) is 46.9 Å². The molecule has 2 saturated carbocycles. The zero-order valence-corrected chi connectivity index (χ0v) is 23.8. The summed E-state index contributed by atoms with van der Waals surface area (Å²) < 4.78 is 14.1. The second kappa shape index (κ2) is 10.2. The molecule has 3 heterocycles. The number of anilines is 2. The van der Waals surface area contributed by atoms with Crippen molar-refractivity contribution in [3.63, 3.8) is 0 Å². The second-order valence-electron chi connectivity index (χ2n) is 12.4. The Bertz CT molecular complexity index is 1630. The molecule has 3 aromatic rings. The Morgan fingerprint density at radius 2 is 1.88 bits per heavy atom. The lowest BCUT2D eigenvalue weighted by Gasteiger charge is -2.25. The molecule has 3 aliphatic rings. The van der Waals surface area contributed by atoms with Gasteiger partial charge in [-0.15, -0.1) is 5.53 Å². The Kier molecular flexibility index (Phi) is 6.67. The van der Waals surface area contributed by atoms with Crippen molar-refractivity contribution in [1.29, 1.82) is 10.5 Å². The number of rotatable bonds is 8. The van der Waals surface area contributed by atoms with Gasteiger partial charge in [0.25, 0.3) is 0 Å². The van der Waals surface area contributed by atoms with Crippen molar-refractivity contribution in [2.24, 2.45) is 11.3 Å². The molecule has 0 radical (unpaired) electrons. The number of halogens is 1. The highest BCUT2D eigenvalue weighted by Crippen LogP contribution is 2.47. The summed E-state index contributed by atoms with van der Waals surface area (Å²) in [5.41, 5.74) is 13.1. The first-order valence-electron chi connectivity index (χ1n) is 14.1. The number of hydrazine groups is 2. The lowest BCUT2D eigenvalue weighted by atomic mass is 9.96. The maximum Gasteiger partial charge on any atom is 0.213 e. The van der Waals surface area contributed by atoms with Gasteiger partial charge < -0.3 is 16.1 Å². The Balaban J connectivity index is 1.49. The first-order chi connectivity index (χ1) is 19.7. The van der Waals surface area contributed by atoms with E-state index in [-0.39, 0.29) is 5.41 Å². The van der Waals surface area contributed by atoms with Crippen LogP contribution in [0.3, 0.4) is 0 Å². The van der Waals surface area contributed by atoms with Gasteiger partial charge in [0.05, 0.1) is 39.8 Å². The van der Waals surface area contributed by atoms with Crippen molar-refractivity contribution >= 4 is 22.3 Å². The number of pyridine rings is 2. The van der Waals surface area contributed by atoms with E-state index in [1.165, 1.54) is 18.0 Å². The van der Waals surface area contributed by atoms with Gasteiger partial charge in [0.2, 0.25) is 5.95 Å². The van der Waals surface area contributed by atoms with Gasteiger partial charge in [-0.05, 0) is 56.2 Å². The molecule has 0 unspecified atom stereocenters. The molecule has 2 aliphatic carbocycles. The molecule has 1 atom stereocenters. The number of hydrogen-bond acceptors (Lipinski definition) is 9. The quantitative estimate of drug-likeness (QED) is 0.267. The smallest absolute Gasteiger partial charge is 0.213 e. The largest absolute Gasteiger partial charge is 0.383 e. The average Bonchev–Trinajstić information content (AvgIpc) is 3.88. The fraction of sp³-hybridized carbons (Fsp3) is 0.419. The molecule has 2 aromatic heterocycles. The van der Waals surface area contributed by atoms with Crippen LogP contribution in [0.4, 0.5) is 15.8 Å². The fourth-order valence-electron chi connectivity index (χ4n) is 5.41. The van der Waals surface area contributed by atoms with Crippen molar-refractivity contribution in [2.75, 3.05) is 17.2 Å². The number of benzene rings is 1. The lowest BCUT2D eigenvalue weighted by Crippen LogP contribution is -2.40. The van der Waals surface area contributed by atoms with E-state index in [2.05, 4.69) is 69.5 Å². The molecule has 6 rings (SSSR count). The van der Waals surface area contributed by atoms with Gasteiger partial charge in [-0.1, -0.05) is 26.8 Å². The SMILES string of the molecule is Cc1nc(F)ccc1[C@H](Nc1cc(C#N)c2ncc(C#N)c(NCC(C)(C)C)c2c1)C1=C(C2CC2)N(C2CC2)NN1. The minimum atomic E-state index is -0.527. The van der Waals surface area contributed by atoms with Gasteiger partial charge in [-0.3, -0.25) is 9.99 Å². The van der Waals surface area contributed by atoms with E-state index in [0.29, 0.717) is 57.6 Å². The van der Waals surface area contributed by atoms with E-state index >= 15 is 0 Å². The monoisotopic (exact) mass is 551 g/mol. The molecule has 0 bridgehead atoms. The molecule has 10 heteroatoms. The third-order valence-electron chi connectivity index (χ3n) is 7.73. The maximum atomic E-state index is 14.1. The van der Waals surface area contributed by atoms with Crippen LogP contribution in [0.2, 0.25) is 0 Å². The van der Waals surface area contributed by atoms with Gasteiger partial charge in [0, 0.05) is 47.0 Å². The minimum absolute atomic E-state index is 0.0330. The summed E-state index contributed by atoms with van der Waals surface area (Å²) in [6.45, 7) is 8.79. The second-order valence-corrected chi connectivity index (χ2v) is 12.4. The van der Waals surface area contributed by atoms with Crippen LogP contribution in [0.15, 0.2) is 41.9 Å². The number of nitrogens with zero attached hydrogens (tertiary/aromatic N) is 5. The van der Waals surface area contributed by atoms with E-state index in [1.807, 2.05) is 13.0 Å². The number of fused-ring (bicyclic) bond motifs is 1. The van der Waals surface area contributed by atoms with E-state index in [9.17, 15) is 14.9 Å². The molecule has 1 aromatic carbocycles. The number of nitriles is 2. The van der Waals surface area contributed by atoms with Crippen LogP contribution in [-0.4, -0.2) is 27.6 Å². The zero-order valence-electron chi connectivity index (χ0n) is 23.8. The third kappa shape index (κ3) is 5.36. The summed E-state index contributed by atoms with van der Waals surface area (Å²) in [4.78, 5) is 8.61. The van der Waals surface area contributed by atoms with Crippen molar-refractivity contribution in [3.8, 4) is 12.1 Å². The highest BCUT2D eigenvalue weighted by atomic mass is 19.1. The molecule has 1 aliphatic heterocycles. The summed E-state index contributed by atoms with van der Waals surface area (Å²) >= 11 is 0. The number of hydrogen-bond donors (Lipinski definition) is 4. The van der Waals surface area contributed by atoms with Gasteiger partial charge in [-0.2, -0.15) is 14.9 Å². The summed E-state index contributed by atoms with van der Waals surface area (Å²) in [5.74, 6) is -0.0753. The summed E-state index contributed by atoms with van der Waals surface area (Å²) in [5, 5.41) is 30.0. The van der Waals surface area contributed by atoms with Gasteiger partial charge in [0.1, 0.15) is 12.1 Å². The van der Waals surface area contributed by atoms with Crippen molar-refractivity contribution in [1.82, 2.24) is 25.9 Å². The van der Waals surface area contributed by atoms with E-state index in [0.717, 1.165) is 36.9 Å². The third-order valence-corrected chi connectivity index (χ3v) is 7.73. The van der Waals surface area contributed by atoms with Crippen LogP contribution in [0.1, 0.15) is 74.9 Å². The van der Waals surface area contributed by atoms with Gasteiger partial charge >= 0.3 is 0 Å².